The van der Waals surface area contributed by atoms with Crippen LogP contribution >= 0.6 is 23.2 Å². The first-order chi connectivity index (χ1) is 22.5. The third kappa shape index (κ3) is 8.74. The Morgan fingerprint density at radius 3 is 2.04 bits per heavy atom. The molecule has 0 unspecified atom stereocenters. The molecule has 0 aromatic heterocycles. The standard InChI is InChI=1S/C37H39Cl2N3O4S/c1-26-19-27(2)21-31(20-26)42(47(45,46)32-15-7-4-8-16-32)25-36(43)41(24-29-17-18-33(38)34(39)22-29)35(23-28-11-5-3-6-12-28)37(44)40-30-13-9-10-14-30/h3-8,11-12,15-22,30,35H,9-10,13-14,23-25H2,1-2H3,(H,40,44)/t35-/m0/s1. The molecule has 4 aromatic carbocycles. The van der Waals surface area contributed by atoms with Crippen molar-refractivity contribution in [2.45, 2.75) is 69.5 Å². The first kappa shape index (κ1) is 34.5. The van der Waals surface area contributed by atoms with E-state index in [0.717, 1.165) is 46.7 Å². The maximum atomic E-state index is 14.7. The molecule has 1 aliphatic carbocycles. The average Bonchev–Trinajstić information content (AvgIpc) is 3.56. The molecule has 7 nitrogen and oxygen atoms in total. The van der Waals surface area contributed by atoms with E-state index in [2.05, 4.69) is 5.32 Å². The summed E-state index contributed by atoms with van der Waals surface area (Å²) in [6.45, 7) is 3.25. The minimum absolute atomic E-state index is 0.0113. The van der Waals surface area contributed by atoms with E-state index in [1.165, 1.54) is 17.0 Å². The van der Waals surface area contributed by atoms with Gasteiger partial charge in [0.2, 0.25) is 11.8 Å². The SMILES string of the molecule is Cc1cc(C)cc(N(CC(=O)N(Cc2ccc(Cl)c(Cl)c2)[C@@H](Cc2ccccc2)C(=O)NC2CCCC2)S(=O)(=O)c2ccccc2)c1. The zero-order valence-electron chi connectivity index (χ0n) is 26.5. The number of carbonyl (C=O) groups is 2. The Hall–Kier alpha value is -3.85. The molecule has 246 valence electrons. The van der Waals surface area contributed by atoms with Crippen LogP contribution < -0.4 is 9.62 Å². The summed E-state index contributed by atoms with van der Waals surface area (Å²) < 4.78 is 29.6. The van der Waals surface area contributed by atoms with E-state index in [0.29, 0.717) is 21.3 Å². The first-order valence-electron chi connectivity index (χ1n) is 15.7. The van der Waals surface area contributed by atoms with Crippen molar-refractivity contribution in [3.8, 4) is 0 Å². The summed E-state index contributed by atoms with van der Waals surface area (Å²) in [5, 5.41) is 3.86. The Morgan fingerprint density at radius 2 is 1.43 bits per heavy atom. The van der Waals surface area contributed by atoms with Gasteiger partial charge in [0.1, 0.15) is 12.6 Å². The molecule has 47 heavy (non-hydrogen) atoms. The third-order valence-corrected chi connectivity index (χ3v) is 10.9. The van der Waals surface area contributed by atoms with Gasteiger partial charge in [0, 0.05) is 19.0 Å². The van der Waals surface area contributed by atoms with Crippen molar-refractivity contribution in [3.63, 3.8) is 0 Å². The summed E-state index contributed by atoms with van der Waals surface area (Å²) in [6.07, 6.45) is 4.05. The zero-order chi connectivity index (χ0) is 33.6. The number of nitrogens with zero attached hydrogens (tertiary/aromatic N) is 2. The summed E-state index contributed by atoms with van der Waals surface area (Å²) in [4.78, 5) is 30.4. The number of benzene rings is 4. The zero-order valence-corrected chi connectivity index (χ0v) is 28.9. The van der Waals surface area contributed by atoms with Crippen molar-refractivity contribution in [1.29, 1.82) is 0 Å². The van der Waals surface area contributed by atoms with Gasteiger partial charge < -0.3 is 10.2 Å². The van der Waals surface area contributed by atoms with E-state index in [9.17, 15) is 18.0 Å². The summed E-state index contributed by atoms with van der Waals surface area (Å²) in [7, 11) is -4.18. The highest BCUT2D eigenvalue weighted by molar-refractivity contribution is 7.92. The van der Waals surface area contributed by atoms with E-state index in [1.807, 2.05) is 50.2 Å². The van der Waals surface area contributed by atoms with Crippen molar-refractivity contribution >= 4 is 50.7 Å². The fourth-order valence-corrected chi connectivity index (χ4v) is 7.84. The number of nitrogens with one attached hydrogen (secondary N) is 1. The van der Waals surface area contributed by atoms with Crippen molar-refractivity contribution < 1.29 is 18.0 Å². The quantitative estimate of drug-likeness (QED) is 0.167. The molecule has 10 heteroatoms. The van der Waals surface area contributed by atoms with Gasteiger partial charge in [0.25, 0.3) is 10.0 Å². The van der Waals surface area contributed by atoms with E-state index in [4.69, 9.17) is 23.2 Å². The number of rotatable bonds is 12. The molecule has 1 N–H and O–H groups in total. The number of anilines is 1. The normalized spacial score (nSPS) is 14.0. The lowest BCUT2D eigenvalue weighted by atomic mass is 10.0. The van der Waals surface area contributed by atoms with Crippen LogP contribution in [-0.4, -0.2) is 43.8 Å². The lowest BCUT2D eigenvalue weighted by Gasteiger charge is -2.34. The fraction of sp³-hybridized carbons (Fsp3) is 0.297. The number of amides is 2. The highest BCUT2D eigenvalue weighted by Gasteiger charge is 2.35. The largest absolute Gasteiger partial charge is 0.352 e. The highest BCUT2D eigenvalue weighted by atomic mass is 35.5. The predicted molar refractivity (Wildman–Crippen MR) is 188 cm³/mol. The molecule has 0 saturated heterocycles. The summed E-state index contributed by atoms with van der Waals surface area (Å²) in [6, 6.07) is 27.2. The smallest absolute Gasteiger partial charge is 0.264 e. The molecule has 5 rings (SSSR count). The lowest BCUT2D eigenvalue weighted by molar-refractivity contribution is -0.140. The molecule has 1 saturated carbocycles. The van der Waals surface area contributed by atoms with Crippen molar-refractivity contribution in [2.75, 3.05) is 10.8 Å². The number of sulfonamides is 1. The Labute approximate surface area is 287 Å². The number of aryl methyl sites for hydroxylation is 2. The molecule has 2 amide bonds. The molecule has 0 bridgehead atoms. The van der Waals surface area contributed by atoms with Crippen molar-refractivity contribution in [2.24, 2.45) is 0 Å². The third-order valence-electron chi connectivity index (χ3n) is 8.41. The lowest BCUT2D eigenvalue weighted by Crippen LogP contribution is -2.54. The Balaban J connectivity index is 1.59. The van der Waals surface area contributed by atoms with Crippen LogP contribution in [0.5, 0.6) is 0 Å². The topological polar surface area (TPSA) is 86.8 Å². The molecule has 4 aromatic rings. The highest BCUT2D eigenvalue weighted by Crippen LogP contribution is 2.28. The van der Waals surface area contributed by atoms with Gasteiger partial charge in [-0.1, -0.05) is 96.7 Å². The maximum Gasteiger partial charge on any atom is 0.264 e. The second-order valence-electron chi connectivity index (χ2n) is 12.1. The van der Waals surface area contributed by atoms with Gasteiger partial charge in [0.05, 0.1) is 20.6 Å². The Kier molecular flexibility index (Phi) is 11.3. The average molecular weight is 693 g/mol. The van der Waals surface area contributed by atoms with Crippen LogP contribution in [0.15, 0.2) is 102 Å². The van der Waals surface area contributed by atoms with Gasteiger partial charge in [-0.15, -0.1) is 0 Å². The van der Waals surface area contributed by atoms with Crippen LogP contribution in [-0.2, 0) is 32.6 Å². The van der Waals surface area contributed by atoms with Gasteiger partial charge in [-0.05, 0) is 85.3 Å². The van der Waals surface area contributed by atoms with Crippen LogP contribution in [0.1, 0.15) is 47.9 Å². The minimum atomic E-state index is -4.18. The predicted octanol–water partition coefficient (Wildman–Crippen LogP) is 7.50. The molecule has 0 spiro atoms. The maximum absolute atomic E-state index is 14.7. The number of hydrogen-bond acceptors (Lipinski definition) is 4. The second kappa shape index (κ2) is 15.4. The molecule has 0 radical (unpaired) electrons. The van der Waals surface area contributed by atoms with E-state index >= 15 is 0 Å². The monoisotopic (exact) mass is 691 g/mol. The van der Waals surface area contributed by atoms with Crippen molar-refractivity contribution in [1.82, 2.24) is 10.2 Å². The summed E-state index contributed by atoms with van der Waals surface area (Å²) >= 11 is 12.6. The summed E-state index contributed by atoms with van der Waals surface area (Å²) in [5.74, 6) is -0.810. The van der Waals surface area contributed by atoms with E-state index < -0.39 is 28.5 Å². The van der Waals surface area contributed by atoms with E-state index in [1.54, 1.807) is 48.5 Å². The first-order valence-corrected chi connectivity index (χ1v) is 17.9. The molecular weight excluding hydrogens is 653 g/mol. The van der Waals surface area contributed by atoms with Gasteiger partial charge in [0.15, 0.2) is 0 Å². The molecule has 0 aliphatic heterocycles. The van der Waals surface area contributed by atoms with Crippen LogP contribution in [0, 0.1) is 13.8 Å². The molecule has 0 heterocycles. The van der Waals surface area contributed by atoms with Gasteiger partial charge in [-0.25, -0.2) is 8.42 Å². The van der Waals surface area contributed by atoms with E-state index in [-0.39, 0.29) is 29.8 Å². The molecular formula is C37H39Cl2N3O4S. The van der Waals surface area contributed by atoms with Crippen LogP contribution in [0.2, 0.25) is 10.0 Å². The number of carbonyl (C=O) groups excluding carboxylic acids is 2. The second-order valence-corrected chi connectivity index (χ2v) is 14.8. The van der Waals surface area contributed by atoms with Gasteiger partial charge >= 0.3 is 0 Å². The molecule has 1 atom stereocenters. The molecule has 1 aliphatic rings. The fourth-order valence-electron chi connectivity index (χ4n) is 6.10. The van der Waals surface area contributed by atoms with Crippen LogP contribution in [0.25, 0.3) is 0 Å². The Bertz CT molecular complexity index is 1790. The number of halogens is 2. The Morgan fingerprint density at radius 1 is 0.809 bits per heavy atom. The van der Waals surface area contributed by atoms with Crippen molar-refractivity contribution in [3.05, 3.63) is 129 Å². The number of hydrogen-bond donors (Lipinski definition) is 1. The summed E-state index contributed by atoms with van der Waals surface area (Å²) in [5.41, 5.74) is 3.60. The van der Waals surface area contributed by atoms with Crippen LogP contribution in [0.4, 0.5) is 5.69 Å². The minimum Gasteiger partial charge on any atom is -0.352 e. The molecule has 1 fully saturated rings. The van der Waals surface area contributed by atoms with Gasteiger partial charge in [-0.2, -0.15) is 0 Å². The van der Waals surface area contributed by atoms with Gasteiger partial charge in [-0.3, -0.25) is 13.9 Å². The van der Waals surface area contributed by atoms with Crippen LogP contribution in [0.3, 0.4) is 0 Å².